The minimum absolute atomic E-state index is 0.749. The molecule has 3 aromatic heterocycles. The van der Waals surface area contributed by atoms with Crippen molar-refractivity contribution in [3.8, 4) is 0 Å². The maximum absolute atomic E-state index is 5.29. The minimum atomic E-state index is 0.749. The van der Waals surface area contributed by atoms with Gasteiger partial charge < -0.3 is 8.82 Å². The van der Waals surface area contributed by atoms with E-state index in [1.165, 1.54) is 0 Å². The zero-order valence-electron chi connectivity index (χ0n) is 8.71. The van der Waals surface area contributed by atoms with Crippen LogP contribution in [0.2, 0.25) is 0 Å². The Balaban J connectivity index is 1.91. The molecule has 3 rings (SSSR count). The largest absolute Gasteiger partial charge is 0.468 e. The van der Waals surface area contributed by atoms with Crippen molar-refractivity contribution in [2.24, 2.45) is 0 Å². The van der Waals surface area contributed by atoms with Crippen molar-refractivity contribution >= 4 is 33.3 Å². The van der Waals surface area contributed by atoms with Crippen LogP contribution in [0.4, 0.5) is 0 Å². The number of furan rings is 1. The molecule has 0 N–H and O–H groups in total. The number of thioether (sulfide) groups is 1. The van der Waals surface area contributed by atoms with Crippen molar-refractivity contribution in [2.45, 2.75) is 10.8 Å². The number of halogens is 1. The highest BCUT2D eigenvalue weighted by atomic mass is 79.9. The zero-order chi connectivity index (χ0) is 11.7. The summed E-state index contributed by atoms with van der Waals surface area (Å²) in [6.45, 7) is 0. The molecule has 0 atom stereocenters. The van der Waals surface area contributed by atoms with E-state index in [1.54, 1.807) is 24.2 Å². The maximum Gasteiger partial charge on any atom is 0.169 e. The van der Waals surface area contributed by atoms with Crippen LogP contribution < -0.4 is 0 Å². The van der Waals surface area contributed by atoms with Gasteiger partial charge in [0.1, 0.15) is 15.4 Å². The molecule has 0 saturated carbocycles. The fourth-order valence-electron chi connectivity index (χ4n) is 1.50. The molecule has 17 heavy (non-hydrogen) atoms. The monoisotopic (exact) mass is 309 g/mol. The lowest BCUT2D eigenvalue weighted by Gasteiger charge is -2.02. The highest BCUT2D eigenvalue weighted by Gasteiger charge is 2.08. The summed E-state index contributed by atoms with van der Waals surface area (Å²) < 4.78 is 8.03. The van der Waals surface area contributed by atoms with Crippen LogP contribution in [0.25, 0.3) is 5.65 Å². The second-order valence-electron chi connectivity index (χ2n) is 3.39. The van der Waals surface area contributed by atoms with E-state index in [0.29, 0.717) is 0 Å². The van der Waals surface area contributed by atoms with Crippen LogP contribution in [0.1, 0.15) is 5.76 Å². The number of imidazole rings is 1. The number of aromatic nitrogens is 3. The second-order valence-corrected chi connectivity index (χ2v) is 5.17. The van der Waals surface area contributed by atoms with Crippen molar-refractivity contribution in [2.75, 3.05) is 0 Å². The van der Waals surface area contributed by atoms with Crippen LogP contribution in [0, 0.1) is 0 Å². The molecule has 0 saturated heterocycles. The van der Waals surface area contributed by atoms with Crippen LogP contribution in [0.15, 0.2) is 51.0 Å². The van der Waals surface area contributed by atoms with Gasteiger partial charge in [0.2, 0.25) is 0 Å². The predicted octanol–water partition coefficient (Wildman–Crippen LogP) is 3.38. The van der Waals surface area contributed by atoms with Crippen molar-refractivity contribution in [1.29, 1.82) is 0 Å². The predicted molar refractivity (Wildman–Crippen MR) is 69.0 cm³/mol. The molecule has 0 aromatic carbocycles. The van der Waals surface area contributed by atoms with Crippen LogP contribution >= 0.6 is 27.7 Å². The number of hydrogen-bond acceptors (Lipinski definition) is 4. The van der Waals surface area contributed by atoms with E-state index >= 15 is 0 Å². The third-order valence-corrected chi connectivity index (χ3v) is 3.60. The molecular weight excluding hydrogens is 302 g/mol. The number of fused-ring (bicyclic) bond motifs is 1. The first-order valence-electron chi connectivity index (χ1n) is 4.97. The molecule has 86 valence electrons. The number of hydrogen-bond donors (Lipinski definition) is 0. The summed E-state index contributed by atoms with van der Waals surface area (Å²) in [7, 11) is 0. The SMILES string of the molecule is Brc1cn2ccnc2c(SCc2ccco2)n1. The van der Waals surface area contributed by atoms with Gasteiger partial charge in [0.15, 0.2) is 5.65 Å². The van der Waals surface area contributed by atoms with Gasteiger partial charge in [-0.2, -0.15) is 0 Å². The molecule has 0 amide bonds. The first-order valence-corrected chi connectivity index (χ1v) is 6.75. The van der Waals surface area contributed by atoms with Gasteiger partial charge in [-0.1, -0.05) is 11.8 Å². The molecule has 0 unspecified atom stereocenters. The smallest absolute Gasteiger partial charge is 0.169 e. The summed E-state index contributed by atoms with van der Waals surface area (Å²) in [5.41, 5.74) is 0.866. The van der Waals surface area contributed by atoms with E-state index in [-0.39, 0.29) is 0 Å². The van der Waals surface area contributed by atoms with E-state index in [0.717, 1.165) is 26.8 Å². The lowest BCUT2D eigenvalue weighted by Crippen LogP contribution is -1.91. The summed E-state index contributed by atoms with van der Waals surface area (Å²) in [4.78, 5) is 8.72. The molecule has 4 nitrogen and oxygen atoms in total. The molecule has 0 aliphatic carbocycles. The van der Waals surface area contributed by atoms with Gasteiger partial charge in [-0.25, -0.2) is 9.97 Å². The van der Waals surface area contributed by atoms with Crippen molar-refractivity contribution < 1.29 is 4.42 Å². The van der Waals surface area contributed by atoms with Crippen LogP contribution in [-0.4, -0.2) is 14.4 Å². The third kappa shape index (κ3) is 2.23. The third-order valence-electron chi connectivity index (χ3n) is 2.25. The van der Waals surface area contributed by atoms with Crippen molar-refractivity contribution in [3.63, 3.8) is 0 Å². The van der Waals surface area contributed by atoms with Crippen molar-refractivity contribution in [3.05, 3.63) is 47.3 Å². The Morgan fingerprint density at radius 1 is 1.47 bits per heavy atom. The Morgan fingerprint density at radius 3 is 3.24 bits per heavy atom. The summed E-state index contributed by atoms with van der Waals surface area (Å²) in [5, 5.41) is 0.890. The fourth-order valence-corrected chi connectivity index (χ4v) is 2.91. The Labute approximate surface area is 110 Å². The Kier molecular flexibility index (Phi) is 2.90. The summed E-state index contributed by atoms with van der Waals surface area (Å²) in [6.07, 6.45) is 7.23. The van der Waals surface area contributed by atoms with Crippen molar-refractivity contribution in [1.82, 2.24) is 14.4 Å². The zero-order valence-corrected chi connectivity index (χ0v) is 11.1. The molecule has 0 aliphatic heterocycles. The minimum Gasteiger partial charge on any atom is -0.468 e. The van der Waals surface area contributed by atoms with E-state index in [4.69, 9.17) is 4.42 Å². The quantitative estimate of drug-likeness (QED) is 0.696. The Morgan fingerprint density at radius 2 is 2.41 bits per heavy atom. The highest BCUT2D eigenvalue weighted by molar-refractivity contribution is 9.10. The number of nitrogens with zero attached hydrogens (tertiary/aromatic N) is 3. The molecule has 0 fully saturated rings. The van der Waals surface area contributed by atoms with Gasteiger partial charge in [-0.3, -0.25) is 0 Å². The molecule has 0 spiro atoms. The standard InChI is InChI=1S/C11H8BrN3OS/c12-9-6-15-4-3-13-10(15)11(14-9)17-7-8-2-1-5-16-8/h1-6H,7H2. The molecule has 6 heteroatoms. The van der Waals surface area contributed by atoms with Gasteiger partial charge in [-0.05, 0) is 28.1 Å². The lowest BCUT2D eigenvalue weighted by molar-refractivity contribution is 0.530. The van der Waals surface area contributed by atoms with Crippen LogP contribution in [0.5, 0.6) is 0 Å². The topological polar surface area (TPSA) is 43.3 Å². The summed E-state index contributed by atoms with van der Waals surface area (Å²) in [5.74, 6) is 1.68. The molecule has 3 heterocycles. The molecule has 0 bridgehead atoms. The highest BCUT2D eigenvalue weighted by Crippen LogP contribution is 2.26. The van der Waals surface area contributed by atoms with E-state index < -0.39 is 0 Å². The Bertz CT molecular complexity index is 635. The van der Waals surface area contributed by atoms with Crippen LogP contribution in [0.3, 0.4) is 0 Å². The first-order chi connectivity index (χ1) is 8.33. The summed E-state index contributed by atoms with van der Waals surface area (Å²) >= 11 is 5.00. The van der Waals surface area contributed by atoms with E-state index in [9.17, 15) is 0 Å². The Hall–Kier alpha value is -1.27. The average molecular weight is 310 g/mol. The van der Waals surface area contributed by atoms with Gasteiger partial charge in [0.05, 0.1) is 12.0 Å². The molecule has 0 radical (unpaired) electrons. The lowest BCUT2D eigenvalue weighted by atomic mass is 10.5. The second kappa shape index (κ2) is 4.54. The fraction of sp³-hybridized carbons (Fsp3) is 0.0909. The van der Waals surface area contributed by atoms with Gasteiger partial charge in [0, 0.05) is 18.6 Å². The average Bonchev–Trinajstić information content (AvgIpc) is 2.95. The van der Waals surface area contributed by atoms with Gasteiger partial charge in [0.25, 0.3) is 0 Å². The normalized spacial score (nSPS) is 11.1. The van der Waals surface area contributed by atoms with E-state index in [1.807, 2.05) is 28.9 Å². The first kappa shape index (κ1) is 10.9. The number of rotatable bonds is 3. The van der Waals surface area contributed by atoms with E-state index in [2.05, 4.69) is 25.9 Å². The molecular formula is C11H8BrN3OS. The maximum atomic E-state index is 5.29. The van der Waals surface area contributed by atoms with Gasteiger partial charge in [-0.15, -0.1) is 0 Å². The molecule has 3 aromatic rings. The molecule has 0 aliphatic rings. The van der Waals surface area contributed by atoms with Crippen LogP contribution in [-0.2, 0) is 5.75 Å². The summed E-state index contributed by atoms with van der Waals surface area (Å²) in [6, 6.07) is 3.84. The van der Waals surface area contributed by atoms with Gasteiger partial charge >= 0.3 is 0 Å².